The van der Waals surface area contributed by atoms with E-state index in [1.807, 2.05) is 30.3 Å². The summed E-state index contributed by atoms with van der Waals surface area (Å²) >= 11 is 2.92. The molecule has 0 aliphatic heterocycles. The molecule has 0 bridgehead atoms. The van der Waals surface area contributed by atoms with Gasteiger partial charge in [0.05, 0.1) is 0 Å². The van der Waals surface area contributed by atoms with Gasteiger partial charge in [-0.25, -0.2) is 8.42 Å². The zero-order valence-electron chi connectivity index (χ0n) is 7.56. The van der Waals surface area contributed by atoms with E-state index < -0.39 is 9.84 Å². The van der Waals surface area contributed by atoms with Crippen molar-refractivity contribution in [1.29, 1.82) is 0 Å². The smallest absolute Gasteiger partial charge is 0.181 e. The van der Waals surface area contributed by atoms with E-state index in [0.29, 0.717) is 6.42 Å². The van der Waals surface area contributed by atoms with Crippen LogP contribution in [0, 0.1) is 0 Å². The average molecular weight is 275 g/mol. The van der Waals surface area contributed by atoms with Crippen molar-refractivity contribution in [2.45, 2.75) is 6.42 Å². The lowest BCUT2D eigenvalue weighted by Crippen LogP contribution is -1.94. The minimum Gasteiger partial charge on any atom is -0.223 e. The molecule has 0 unspecified atom stereocenters. The largest absolute Gasteiger partial charge is 0.223 e. The number of alkyl halides is 1. The molecule has 0 aromatic heterocycles. The second-order valence-corrected chi connectivity index (χ2v) is 6.02. The van der Waals surface area contributed by atoms with Crippen molar-refractivity contribution in [3.63, 3.8) is 0 Å². The minimum absolute atomic E-state index is 0.0225. The molecule has 0 amide bonds. The van der Waals surface area contributed by atoms with E-state index in [4.69, 9.17) is 0 Å². The van der Waals surface area contributed by atoms with Crippen molar-refractivity contribution >= 4 is 25.8 Å². The Kier molecular flexibility index (Phi) is 4.35. The van der Waals surface area contributed by atoms with E-state index in [0.717, 1.165) is 5.56 Å². The number of halogens is 1. The first-order chi connectivity index (χ1) is 6.64. The van der Waals surface area contributed by atoms with E-state index in [1.165, 1.54) is 5.41 Å². The standard InChI is InChI=1S/C10H11BrO2S/c11-9-14(12,13)8-4-7-10-5-2-1-3-6-10/h1-6,8H,7,9H2/b8-4+. The highest BCUT2D eigenvalue weighted by Crippen LogP contribution is 2.03. The van der Waals surface area contributed by atoms with Crippen molar-refractivity contribution in [3.8, 4) is 0 Å². The molecule has 1 aromatic carbocycles. The summed E-state index contributed by atoms with van der Waals surface area (Å²) < 4.78 is 22.1. The van der Waals surface area contributed by atoms with Crippen molar-refractivity contribution in [2.75, 3.05) is 4.66 Å². The summed E-state index contributed by atoms with van der Waals surface area (Å²) in [5, 5.41) is 1.24. The van der Waals surface area contributed by atoms with Gasteiger partial charge in [0.15, 0.2) is 9.84 Å². The van der Waals surface area contributed by atoms with Crippen LogP contribution >= 0.6 is 15.9 Å². The van der Waals surface area contributed by atoms with E-state index in [1.54, 1.807) is 6.08 Å². The number of hydrogen-bond acceptors (Lipinski definition) is 2. The Bertz CT molecular complexity index is 395. The van der Waals surface area contributed by atoms with Crippen molar-refractivity contribution in [2.24, 2.45) is 0 Å². The van der Waals surface area contributed by atoms with Crippen LogP contribution in [0.5, 0.6) is 0 Å². The van der Waals surface area contributed by atoms with Gasteiger partial charge in [-0.3, -0.25) is 0 Å². The summed E-state index contributed by atoms with van der Waals surface area (Å²) in [5.74, 6) is 0. The molecule has 0 spiro atoms. The number of allylic oxidation sites excluding steroid dienone is 1. The molecule has 1 aromatic rings. The lowest BCUT2D eigenvalue weighted by Gasteiger charge is -1.94. The highest BCUT2D eigenvalue weighted by molar-refractivity contribution is 9.10. The predicted octanol–water partition coefficient (Wildman–Crippen LogP) is 2.51. The molecular weight excluding hydrogens is 264 g/mol. The van der Waals surface area contributed by atoms with Crippen LogP contribution in [0.25, 0.3) is 0 Å². The summed E-state index contributed by atoms with van der Waals surface area (Å²) in [5.41, 5.74) is 1.11. The Labute approximate surface area is 92.7 Å². The molecule has 0 N–H and O–H groups in total. The van der Waals surface area contributed by atoms with Gasteiger partial charge in [-0.1, -0.05) is 52.3 Å². The van der Waals surface area contributed by atoms with Gasteiger partial charge in [-0.2, -0.15) is 0 Å². The monoisotopic (exact) mass is 274 g/mol. The summed E-state index contributed by atoms with van der Waals surface area (Å²) in [7, 11) is -3.05. The summed E-state index contributed by atoms with van der Waals surface area (Å²) in [6.45, 7) is 0. The highest BCUT2D eigenvalue weighted by atomic mass is 79.9. The third-order valence-electron chi connectivity index (χ3n) is 1.65. The first kappa shape index (κ1) is 11.5. The van der Waals surface area contributed by atoms with Gasteiger partial charge in [0.1, 0.15) is 4.66 Å². The maximum atomic E-state index is 11.1. The molecule has 0 fully saturated rings. The molecule has 14 heavy (non-hydrogen) atoms. The Morgan fingerprint density at radius 1 is 1.21 bits per heavy atom. The predicted molar refractivity (Wildman–Crippen MR) is 62.0 cm³/mol. The molecule has 0 aliphatic carbocycles. The molecule has 4 heteroatoms. The van der Waals surface area contributed by atoms with E-state index >= 15 is 0 Å². The second-order valence-electron chi connectivity index (χ2n) is 2.83. The van der Waals surface area contributed by atoms with Gasteiger partial charge < -0.3 is 0 Å². The van der Waals surface area contributed by atoms with Crippen molar-refractivity contribution < 1.29 is 8.42 Å². The molecular formula is C10H11BrO2S. The average Bonchev–Trinajstić information content (AvgIpc) is 2.19. The van der Waals surface area contributed by atoms with Gasteiger partial charge >= 0.3 is 0 Å². The molecule has 0 radical (unpaired) electrons. The quantitative estimate of drug-likeness (QED) is 0.791. The summed E-state index contributed by atoms with van der Waals surface area (Å²) in [6.07, 6.45) is 2.30. The molecule has 0 heterocycles. The van der Waals surface area contributed by atoms with Crippen LogP contribution in [0.3, 0.4) is 0 Å². The van der Waals surface area contributed by atoms with E-state index in [-0.39, 0.29) is 4.66 Å². The van der Waals surface area contributed by atoms with E-state index in [2.05, 4.69) is 15.9 Å². The Hall–Kier alpha value is -0.610. The SMILES string of the molecule is O=S(=O)(/C=C/Cc1ccccc1)CBr. The molecule has 0 saturated heterocycles. The fourth-order valence-electron chi connectivity index (χ4n) is 0.981. The fourth-order valence-corrected chi connectivity index (χ4v) is 1.90. The lowest BCUT2D eigenvalue weighted by atomic mass is 10.2. The van der Waals surface area contributed by atoms with Crippen LogP contribution in [-0.4, -0.2) is 13.1 Å². The molecule has 76 valence electrons. The fraction of sp³-hybridized carbons (Fsp3) is 0.200. The lowest BCUT2D eigenvalue weighted by molar-refractivity contribution is 0.609. The van der Waals surface area contributed by atoms with Crippen LogP contribution < -0.4 is 0 Å². The third kappa shape index (κ3) is 4.07. The molecule has 2 nitrogen and oxygen atoms in total. The summed E-state index contributed by atoms with van der Waals surface area (Å²) in [4.78, 5) is 0. The zero-order valence-corrected chi connectivity index (χ0v) is 9.96. The van der Waals surface area contributed by atoms with Gasteiger partial charge in [0, 0.05) is 5.41 Å². The minimum atomic E-state index is -3.05. The van der Waals surface area contributed by atoms with Gasteiger partial charge in [-0.15, -0.1) is 0 Å². The summed E-state index contributed by atoms with van der Waals surface area (Å²) in [6, 6.07) is 9.73. The van der Waals surface area contributed by atoms with E-state index in [9.17, 15) is 8.42 Å². The number of benzene rings is 1. The second kappa shape index (κ2) is 5.32. The number of rotatable bonds is 4. The maximum absolute atomic E-state index is 11.1. The van der Waals surface area contributed by atoms with Crippen LogP contribution in [-0.2, 0) is 16.3 Å². The van der Waals surface area contributed by atoms with Gasteiger partial charge in [0.25, 0.3) is 0 Å². The number of sulfone groups is 1. The maximum Gasteiger partial charge on any atom is 0.181 e. The topological polar surface area (TPSA) is 34.1 Å². The van der Waals surface area contributed by atoms with Gasteiger partial charge in [-0.05, 0) is 12.0 Å². The number of hydrogen-bond donors (Lipinski definition) is 0. The Morgan fingerprint density at radius 3 is 2.43 bits per heavy atom. The zero-order chi connectivity index (χ0) is 10.4. The third-order valence-corrected chi connectivity index (χ3v) is 4.48. The normalized spacial score (nSPS) is 12.1. The molecule has 0 saturated carbocycles. The highest BCUT2D eigenvalue weighted by Gasteiger charge is 2.00. The van der Waals surface area contributed by atoms with Crippen LogP contribution in [0.4, 0.5) is 0 Å². The Balaban J connectivity index is 2.58. The first-order valence-corrected chi connectivity index (χ1v) is 6.97. The van der Waals surface area contributed by atoms with Crippen molar-refractivity contribution in [3.05, 3.63) is 47.4 Å². The van der Waals surface area contributed by atoms with Crippen LogP contribution in [0.2, 0.25) is 0 Å². The van der Waals surface area contributed by atoms with Crippen molar-refractivity contribution in [1.82, 2.24) is 0 Å². The van der Waals surface area contributed by atoms with Crippen LogP contribution in [0.1, 0.15) is 5.56 Å². The van der Waals surface area contributed by atoms with Gasteiger partial charge in [0.2, 0.25) is 0 Å². The first-order valence-electron chi connectivity index (χ1n) is 4.13. The molecule has 0 atom stereocenters. The molecule has 0 aliphatic rings. The Morgan fingerprint density at radius 2 is 1.86 bits per heavy atom. The molecule has 1 rings (SSSR count). The van der Waals surface area contributed by atoms with Crippen LogP contribution in [0.15, 0.2) is 41.8 Å².